The van der Waals surface area contributed by atoms with E-state index < -0.39 is 71.9 Å². The third kappa shape index (κ3) is 4.59. The first-order chi connectivity index (χ1) is 15.2. The summed E-state index contributed by atoms with van der Waals surface area (Å²) >= 11 is 5.97. The van der Waals surface area contributed by atoms with Crippen molar-refractivity contribution in [2.24, 2.45) is 0 Å². The van der Waals surface area contributed by atoms with Gasteiger partial charge in [0, 0.05) is 13.1 Å². The maximum absolute atomic E-state index is 13.1. The molecule has 0 bridgehead atoms. The summed E-state index contributed by atoms with van der Waals surface area (Å²) < 4.78 is 91.3. The van der Waals surface area contributed by atoms with E-state index in [0.29, 0.717) is 28.6 Å². The molecule has 0 spiro atoms. The topological polar surface area (TPSA) is 136 Å². The first-order valence-electron chi connectivity index (χ1n) is 9.11. The predicted octanol–water partition coefficient (Wildman–Crippen LogP) is 1.80. The van der Waals surface area contributed by atoms with Gasteiger partial charge in [0.2, 0.25) is 10.0 Å². The van der Waals surface area contributed by atoms with Gasteiger partial charge in [0.05, 0.1) is 33.7 Å². The number of hydrogen-bond acceptors (Lipinski definition) is 7. The molecule has 2 aromatic carbocycles. The van der Waals surface area contributed by atoms with Crippen molar-refractivity contribution < 1.29 is 40.2 Å². The van der Waals surface area contributed by atoms with E-state index in [1.165, 1.54) is 6.07 Å². The van der Waals surface area contributed by atoms with Crippen molar-refractivity contribution in [3.05, 3.63) is 58.6 Å². The Kier molecular flexibility index (Phi) is 6.57. The molecule has 1 aliphatic heterocycles. The lowest BCUT2D eigenvalue weighted by Gasteiger charge is -2.26. The molecule has 0 amide bonds. The van der Waals surface area contributed by atoms with Crippen molar-refractivity contribution in [2.45, 2.75) is 26.8 Å². The monoisotopic (exact) mass is 524 g/mol. The molecule has 0 aromatic heterocycles. The van der Waals surface area contributed by atoms with Crippen molar-refractivity contribution >= 4 is 31.5 Å². The van der Waals surface area contributed by atoms with Crippen LogP contribution < -0.4 is 0 Å². The maximum Gasteiger partial charge on any atom is 0.416 e. The highest BCUT2D eigenvalue weighted by atomic mass is 35.5. The Morgan fingerprint density at radius 1 is 1.15 bits per heavy atom. The summed E-state index contributed by atoms with van der Waals surface area (Å²) in [7, 11) is -9.05. The molecule has 2 aromatic rings. The fraction of sp³-hybridized carbons (Fsp3) is 0.316. The van der Waals surface area contributed by atoms with Crippen molar-refractivity contribution in [2.75, 3.05) is 19.7 Å². The lowest BCUT2D eigenvalue weighted by Crippen LogP contribution is -2.49. The summed E-state index contributed by atoms with van der Waals surface area (Å²) in [6.07, 6.45) is -4.70. The molecule has 3 rings (SSSR count). The number of halogens is 4. The number of aliphatic hydroxyl groups is 2. The summed E-state index contributed by atoms with van der Waals surface area (Å²) in [6, 6.07) is 7.60. The van der Waals surface area contributed by atoms with Gasteiger partial charge in [-0.3, -0.25) is 0 Å². The highest BCUT2D eigenvalue weighted by Crippen LogP contribution is 2.37. The van der Waals surface area contributed by atoms with Crippen LogP contribution in [0.5, 0.6) is 0 Å². The Labute approximate surface area is 192 Å². The van der Waals surface area contributed by atoms with Crippen LogP contribution in [0.4, 0.5) is 13.2 Å². The van der Waals surface area contributed by atoms with Crippen LogP contribution in [-0.4, -0.2) is 61.9 Å². The summed E-state index contributed by atoms with van der Waals surface area (Å²) in [4.78, 5) is -1.03. The van der Waals surface area contributed by atoms with E-state index in [1.807, 2.05) is 0 Å². The number of rotatable bonds is 5. The summed E-state index contributed by atoms with van der Waals surface area (Å²) in [5.41, 5.74) is -3.45. The first kappa shape index (κ1) is 25.4. The molecule has 0 saturated carbocycles. The molecule has 33 heavy (non-hydrogen) atoms. The largest absolute Gasteiger partial charge is 0.416 e. The zero-order valence-electron chi connectivity index (χ0n) is 16.5. The Morgan fingerprint density at radius 2 is 1.76 bits per heavy atom. The van der Waals surface area contributed by atoms with E-state index in [2.05, 4.69) is 0 Å². The minimum Gasteiger partial charge on any atom is -0.393 e. The molecular weight excluding hydrogens is 509 g/mol. The quantitative estimate of drug-likeness (QED) is 0.608. The first-order valence-corrected chi connectivity index (χ1v) is 12.5. The highest BCUT2D eigenvalue weighted by molar-refractivity contribution is 7.92. The number of nitrogens with zero attached hydrogens (tertiary/aromatic N) is 2. The molecule has 2 N–H and O–H groups in total. The van der Waals surface area contributed by atoms with Crippen molar-refractivity contribution in [3.63, 3.8) is 0 Å². The summed E-state index contributed by atoms with van der Waals surface area (Å²) in [5.74, 6) is 0. The van der Waals surface area contributed by atoms with Crippen LogP contribution in [0.2, 0.25) is 5.02 Å². The van der Waals surface area contributed by atoms with Crippen LogP contribution >= 0.6 is 11.6 Å². The van der Waals surface area contributed by atoms with Crippen LogP contribution in [0.3, 0.4) is 0 Å². The van der Waals surface area contributed by atoms with Gasteiger partial charge in [-0.1, -0.05) is 11.6 Å². The Bertz CT molecular complexity index is 1320. The second kappa shape index (κ2) is 8.53. The zero-order chi connectivity index (χ0) is 24.8. The van der Waals surface area contributed by atoms with E-state index in [-0.39, 0.29) is 10.6 Å². The third-order valence-corrected chi connectivity index (χ3v) is 9.82. The van der Waals surface area contributed by atoms with Crippen molar-refractivity contribution in [1.29, 1.82) is 5.26 Å². The fourth-order valence-electron chi connectivity index (χ4n) is 3.47. The third-order valence-electron chi connectivity index (χ3n) is 5.26. The van der Waals surface area contributed by atoms with Gasteiger partial charge in [0.25, 0.3) is 0 Å². The van der Waals surface area contributed by atoms with Crippen LogP contribution in [0, 0.1) is 11.3 Å². The molecule has 0 radical (unpaired) electrons. The smallest absolute Gasteiger partial charge is 0.393 e. The number of benzene rings is 2. The van der Waals surface area contributed by atoms with E-state index in [1.54, 1.807) is 6.07 Å². The molecule has 1 aliphatic rings. The molecule has 0 unspecified atom stereocenters. The van der Waals surface area contributed by atoms with Gasteiger partial charge in [-0.05, 0) is 42.5 Å². The van der Waals surface area contributed by atoms with Crippen LogP contribution in [0.15, 0.2) is 52.3 Å². The number of aliphatic hydroxyl groups excluding tert-OH is 1. The van der Waals surface area contributed by atoms with Gasteiger partial charge in [-0.15, -0.1) is 0 Å². The molecule has 2 atom stereocenters. The van der Waals surface area contributed by atoms with Gasteiger partial charge < -0.3 is 10.2 Å². The molecule has 1 heterocycles. The fourth-order valence-corrected chi connectivity index (χ4v) is 7.54. The highest BCUT2D eigenvalue weighted by Gasteiger charge is 2.55. The molecule has 1 fully saturated rings. The second-order valence-corrected chi connectivity index (χ2v) is 11.8. The SMILES string of the molecule is N#Cc1ccc(S(=O)(=O)N2C[C@H](S(=O)(=O)c3ccc(C(F)(F)F)cc3)[C@](O)(CO)C2)c(Cl)c1. The van der Waals surface area contributed by atoms with E-state index in [0.717, 1.165) is 12.1 Å². The van der Waals surface area contributed by atoms with Crippen LogP contribution in [-0.2, 0) is 26.0 Å². The molecular formula is C19H16ClF3N2O6S2. The number of sulfonamides is 1. The molecule has 14 heteroatoms. The number of alkyl halides is 3. The number of nitriles is 1. The minimum absolute atomic E-state index is 0.0787. The predicted molar refractivity (Wildman–Crippen MR) is 109 cm³/mol. The Balaban J connectivity index is 2.00. The standard InChI is InChI=1S/C19H16ClF3N2O6S2/c20-15-7-12(8-24)1-6-16(15)33(30,31)25-9-17(18(27,10-25)11-26)32(28,29)14-4-2-13(3-5-14)19(21,22)23/h1-7,17,26-27H,9-11H2/t17-,18+/m0/s1. The Morgan fingerprint density at radius 3 is 2.24 bits per heavy atom. The molecule has 0 aliphatic carbocycles. The van der Waals surface area contributed by atoms with Crippen LogP contribution in [0.1, 0.15) is 11.1 Å². The summed E-state index contributed by atoms with van der Waals surface area (Å²) in [5, 5.41) is 27.2. The Hall–Kier alpha value is -2.21. The maximum atomic E-state index is 13.1. The van der Waals surface area contributed by atoms with Gasteiger partial charge in [-0.2, -0.15) is 22.7 Å². The molecule has 1 saturated heterocycles. The number of hydrogen-bond donors (Lipinski definition) is 2. The van der Waals surface area contributed by atoms with Crippen molar-refractivity contribution in [3.8, 4) is 6.07 Å². The number of β-amino-alcohol motifs (C(OH)–C–C–N with tert-alkyl or cyclic N) is 1. The average molecular weight is 525 g/mol. The second-order valence-electron chi connectivity index (χ2n) is 7.37. The van der Waals surface area contributed by atoms with Crippen LogP contribution in [0.25, 0.3) is 0 Å². The average Bonchev–Trinajstić information content (AvgIpc) is 3.12. The minimum atomic E-state index is -4.70. The number of sulfone groups is 1. The van der Waals surface area contributed by atoms with Gasteiger partial charge in [0.1, 0.15) is 15.7 Å². The van der Waals surface area contributed by atoms with Gasteiger partial charge in [-0.25, -0.2) is 16.8 Å². The zero-order valence-corrected chi connectivity index (χ0v) is 18.9. The summed E-state index contributed by atoms with van der Waals surface area (Å²) in [6.45, 7) is -2.74. The van der Waals surface area contributed by atoms with E-state index in [9.17, 15) is 40.2 Å². The van der Waals surface area contributed by atoms with Gasteiger partial charge >= 0.3 is 6.18 Å². The lowest BCUT2D eigenvalue weighted by atomic mass is 10.1. The molecule has 8 nitrogen and oxygen atoms in total. The normalized spacial score (nSPS) is 22.3. The van der Waals surface area contributed by atoms with E-state index >= 15 is 0 Å². The van der Waals surface area contributed by atoms with E-state index in [4.69, 9.17) is 16.9 Å². The van der Waals surface area contributed by atoms with Crippen molar-refractivity contribution in [1.82, 2.24) is 4.31 Å². The lowest BCUT2D eigenvalue weighted by molar-refractivity contribution is -0.137. The van der Waals surface area contributed by atoms with Gasteiger partial charge in [0.15, 0.2) is 9.84 Å². The molecule has 178 valence electrons.